The lowest BCUT2D eigenvalue weighted by molar-refractivity contribution is -0.250. The second kappa shape index (κ2) is 3.29. The maximum Gasteiger partial charge on any atom is 0.348 e. The largest absolute Gasteiger partial charge is 0.348 e. The van der Waals surface area contributed by atoms with Crippen LogP contribution in [0.15, 0.2) is 0 Å². The molecule has 1 rings (SSSR count). The van der Waals surface area contributed by atoms with Gasteiger partial charge in [0.15, 0.2) is 0 Å². The molecule has 0 atom stereocenters. The predicted octanol–water partition coefficient (Wildman–Crippen LogP) is 2.61. The minimum Gasteiger partial charge on any atom is -0.300 e. The maximum absolute atomic E-state index is 11.5. The van der Waals surface area contributed by atoms with Crippen LogP contribution in [0.2, 0.25) is 0 Å². The Balaban J connectivity index is 2.94. The van der Waals surface area contributed by atoms with Crippen molar-refractivity contribution in [2.75, 3.05) is 0 Å². The molecule has 0 aromatic heterocycles. The SMILES string of the molecule is CC(C)(C)C1(C(=O)OO)CCCC1. The molecule has 0 aromatic rings. The summed E-state index contributed by atoms with van der Waals surface area (Å²) in [4.78, 5) is 15.4. The Labute approximate surface area is 79.0 Å². The topological polar surface area (TPSA) is 46.5 Å². The highest BCUT2D eigenvalue weighted by Gasteiger charge is 2.51. The van der Waals surface area contributed by atoms with E-state index in [2.05, 4.69) is 4.89 Å². The number of rotatable bonds is 1. The monoisotopic (exact) mass is 186 g/mol. The van der Waals surface area contributed by atoms with Crippen LogP contribution in [0.25, 0.3) is 0 Å². The third-order valence-corrected chi connectivity index (χ3v) is 3.37. The molecule has 0 radical (unpaired) electrons. The van der Waals surface area contributed by atoms with Crippen molar-refractivity contribution in [1.82, 2.24) is 0 Å². The maximum atomic E-state index is 11.5. The molecular formula is C10H18O3. The van der Waals surface area contributed by atoms with E-state index in [1.54, 1.807) is 0 Å². The number of hydrogen-bond acceptors (Lipinski definition) is 3. The van der Waals surface area contributed by atoms with Crippen LogP contribution in [0.1, 0.15) is 46.5 Å². The molecule has 0 saturated heterocycles. The van der Waals surface area contributed by atoms with Gasteiger partial charge in [-0.1, -0.05) is 33.6 Å². The van der Waals surface area contributed by atoms with Gasteiger partial charge in [-0.15, -0.1) is 0 Å². The molecule has 1 N–H and O–H groups in total. The van der Waals surface area contributed by atoms with Gasteiger partial charge in [0.25, 0.3) is 0 Å². The summed E-state index contributed by atoms with van der Waals surface area (Å²) in [6, 6.07) is 0. The Morgan fingerprint density at radius 1 is 1.31 bits per heavy atom. The summed E-state index contributed by atoms with van der Waals surface area (Å²) in [6.07, 6.45) is 3.75. The molecule has 3 nitrogen and oxygen atoms in total. The van der Waals surface area contributed by atoms with Crippen LogP contribution in [-0.2, 0) is 9.68 Å². The molecule has 76 valence electrons. The van der Waals surface area contributed by atoms with E-state index in [-0.39, 0.29) is 5.41 Å². The molecule has 0 aromatic carbocycles. The molecule has 0 aliphatic heterocycles. The highest BCUT2D eigenvalue weighted by molar-refractivity contribution is 5.77. The standard InChI is InChI=1S/C10H18O3/c1-9(2,3)10(8(11)13-12)6-4-5-7-10/h12H,4-7H2,1-3H3. The Morgan fingerprint density at radius 3 is 2.08 bits per heavy atom. The summed E-state index contributed by atoms with van der Waals surface area (Å²) >= 11 is 0. The highest BCUT2D eigenvalue weighted by Crippen LogP contribution is 2.51. The van der Waals surface area contributed by atoms with Crippen LogP contribution in [0.5, 0.6) is 0 Å². The van der Waals surface area contributed by atoms with Gasteiger partial charge < -0.3 is 4.89 Å². The molecule has 0 bridgehead atoms. The van der Waals surface area contributed by atoms with Gasteiger partial charge in [-0.3, -0.25) is 0 Å². The Kier molecular flexibility index (Phi) is 2.66. The zero-order valence-corrected chi connectivity index (χ0v) is 8.59. The average Bonchev–Trinajstić information content (AvgIpc) is 2.50. The fourth-order valence-corrected chi connectivity index (χ4v) is 2.33. The van der Waals surface area contributed by atoms with E-state index in [0.717, 1.165) is 25.7 Å². The van der Waals surface area contributed by atoms with Crippen molar-refractivity contribution in [2.45, 2.75) is 46.5 Å². The van der Waals surface area contributed by atoms with Gasteiger partial charge in [-0.05, 0) is 18.3 Å². The van der Waals surface area contributed by atoms with Crippen molar-refractivity contribution in [3.05, 3.63) is 0 Å². The zero-order chi connectivity index (χ0) is 10.1. The number of carbonyl (C=O) groups excluding carboxylic acids is 1. The minimum atomic E-state index is -0.470. The molecule has 0 unspecified atom stereocenters. The highest BCUT2D eigenvalue weighted by atomic mass is 17.1. The van der Waals surface area contributed by atoms with Crippen molar-refractivity contribution in [3.63, 3.8) is 0 Å². The summed E-state index contributed by atoms with van der Waals surface area (Å²) in [5.74, 6) is -0.461. The summed E-state index contributed by atoms with van der Waals surface area (Å²) in [5.41, 5.74) is -0.606. The first-order chi connectivity index (χ1) is 5.94. The summed E-state index contributed by atoms with van der Waals surface area (Å²) < 4.78 is 0. The molecule has 13 heavy (non-hydrogen) atoms. The van der Waals surface area contributed by atoms with Crippen molar-refractivity contribution in [1.29, 1.82) is 0 Å². The van der Waals surface area contributed by atoms with Crippen LogP contribution < -0.4 is 0 Å². The second-order valence-electron chi connectivity index (χ2n) is 4.92. The van der Waals surface area contributed by atoms with Gasteiger partial charge in [0.05, 0.1) is 5.41 Å². The van der Waals surface area contributed by atoms with Crippen molar-refractivity contribution in [2.24, 2.45) is 10.8 Å². The van der Waals surface area contributed by atoms with Crippen LogP contribution >= 0.6 is 0 Å². The molecule has 3 heteroatoms. The molecule has 0 heterocycles. The molecule has 1 fully saturated rings. The third-order valence-electron chi connectivity index (χ3n) is 3.37. The quantitative estimate of drug-likeness (QED) is 0.505. The fraction of sp³-hybridized carbons (Fsp3) is 0.900. The van der Waals surface area contributed by atoms with Crippen LogP contribution in [0.4, 0.5) is 0 Å². The van der Waals surface area contributed by atoms with E-state index < -0.39 is 11.4 Å². The van der Waals surface area contributed by atoms with Crippen molar-refractivity contribution in [3.8, 4) is 0 Å². The Bertz CT molecular complexity index is 197. The molecular weight excluding hydrogens is 168 g/mol. The van der Waals surface area contributed by atoms with Crippen molar-refractivity contribution >= 4 is 5.97 Å². The first kappa shape index (κ1) is 10.5. The van der Waals surface area contributed by atoms with Gasteiger partial charge in [0.1, 0.15) is 0 Å². The second-order valence-corrected chi connectivity index (χ2v) is 4.92. The average molecular weight is 186 g/mol. The van der Waals surface area contributed by atoms with E-state index >= 15 is 0 Å². The van der Waals surface area contributed by atoms with E-state index in [9.17, 15) is 4.79 Å². The summed E-state index contributed by atoms with van der Waals surface area (Å²) in [5, 5.41) is 8.47. The first-order valence-electron chi connectivity index (χ1n) is 4.80. The Hall–Kier alpha value is -0.570. The smallest absolute Gasteiger partial charge is 0.300 e. The summed E-state index contributed by atoms with van der Waals surface area (Å²) in [7, 11) is 0. The van der Waals surface area contributed by atoms with Crippen LogP contribution in [-0.4, -0.2) is 11.2 Å². The number of hydrogen-bond donors (Lipinski definition) is 1. The van der Waals surface area contributed by atoms with E-state index in [1.165, 1.54) is 0 Å². The van der Waals surface area contributed by atoms with E-state index in [0.29, 0.717) is 0 Å². The third kappa shape index (κ3) is 1.57. The lowest BCUT2D eigenvalue weighted by Gasteiger charge is -2.38. The zero-order valence-electron chi connectivity index (χ0n) is 8.59. The van der Waals surface area contributed by atoms with Crippen LogP contribution in [0.3, 0.4) is 0 Å². The van der Waals surface area contributed by atoms with Gasteiger partial charge in [-0.25, -0.2) is 4.79 Å². The molecule has 0 spiro atoms. The lowest BCUT2D eigenvalue weighted by Crippen LogP contribution is -2.41. The van der Waals surface area contributed by atoms with Gasteiger partial charge in [0.2, 0.25) is 0 Å². The van der Waals surface area contributed by atoms with E-state index in [1.807, 2.05) is 20.8 Å². The van der Waals surface area contributed by atoms with Gasteiger partial charge in [-0.2, -0.15) is 5.26 Å². The molecule has 1 aliphatic rings. The molecule has 1 aliphatic carbocycles. The normalized spacial score (nSPS) is 21.5. The lowest BCUT2D eigenvalue weighted by atomic mass is 9.65. The predicted molar refractivity (Wildman–Crippen MR) is 49.1 cm³/mol. The number of carbonyl (C=O) groups is 1. The van der Waals surface area contributed by atoms with Crippen LogP contribution in [0, 0.1) is 10.8 Å². The van der Waals surface area contributed by atoms with Crippen molar-refractivity contribution < 1.29 is 14.9 Å². The van der Waals surface area contributed by atoms with E-state index in [4.69, 9.17) is 5.26 Å². The van der Waals surface area contributed by atoms with Gasteiger partial charge in [0, 0.05) is 0 Å². The fourth-order valence-electron chi connectivity index (χ4n) is 2.33. The minimum absolute atomic E-state index is 0.136. The Morgan fingerprint density at radius 2 is 1.77 bits per heavy atom. The first-order valence-corrected chi connectivity index (χ1v) is 4.80. The van der Waals surface area contributed by atoms with Gasteiger partial charge >= 0.3 is 5.97 Å². The molecule has 0 amide bonds. The summed E-state index contributed by atoms with van der Waals surface area (Å²) in [6.45, 7) is 6.07. The molecule has 1 saturated carbocycles.